The topological polar surface area (TPSA) is 34.2 Å². The second-order valence-electron chi connectivity index (χ2n) is 4.53. The molecule has 0 aliphatic carbocycles. The van der Waals surface area contributed by atoms with E-state index in [9.17, 15) is 0 Å². The number of pyridine rings is 1. The first kappa shape index (κ1) is 14.8. The van der Waals surface area contributed by atoms with Crippen LogP contribution in [0.25, 0.3) is 0 Å². The summed E-state index contributed by atoms with van der Waals surface area (Å²) in [7, 11) is 0. The Hall–Kier alpha value is -1.58. The Labute approximate surface area is 124 Å². The number of aromatic nitrogens is 1. The van der Waals surface area contributed by atoms with Gasteiger partial charge in [-0.15, -0.1) is 0 Å². The predicted molar refractivity (Wildman–Crippen MR) is 82.0 cm³/mol. The number of rotatable bonds is 7. The molecule has 3 nitrogen and oxygen atoms in total. The second-order valence-corrected chi connectivity index (χ2v) is 4.94. The minimum atomic E-state index is 0.511. The molecule has 0 fully saturated rings. The van der Waals surface area contributed by atoms with Crippen LogP contribution in [0.5, 0.6) is 5.88 Å². The molecule has 0 unspecified atom stereocenters. The molecule has 2 rings (SSSR count). The molecule has 2 aromatic rings. The van der Waals surface area contributed by atoms with Crippen LogP contribution in [-0.2, 0) is 13.2 Å². The minimum Gasteiger partial charge on any atom is -0.473 e. The van der Waals surface area contributed by atoms with Crippen LogP contribution in [0.1, 0.15) is 24.6 Å². The van der Waals surface area contributed by atoms with E-state index in [1.165, 1.54) is 0 Å². The fraction of sp³-hybridized carbons (Fsp3) is 0.312. The van der Waals surface area contributed by atoms with Gasteiger partial charge in [-0.1, -0.05) is 48.9 Å². The molecule has 4 heteroatoms. The number of nitrogens with zero attached hydrogens (tertiary/aromatic N) is 1. The van der Waals surface area contributed by atoms with E-state index >= 15 is 0 Å². The molecule has 0 saturated carbocycles. The van der Waals surface area contributed by atoms with Crippen molar-refractivity contribution in [1.82, 2.24) is 10.3 Å². The van der Waals surface area contributed by atoms with Crippen molar-refractivity contribution in [3.63, 3.8) is 0 Å². The van der Waals surface area contributed by atoms with Crippen LogP contribution in [-0.4, -0.2) is 11.5 Å². The second kappa shape index (κ2) is 7.88. The Bertz CT molecular complexity index is 531. The van der Waals surface area contributed by atoms with Crippen molar-refractivity contribution in [2.75, 3.05) is 6.54 Å². The summed E-state index contributed by atoms with van der Waals surface area (Å²) in [4.78, 5) is 4.44. The molecular weight excluding hydrogens is 272 g/mol. The predicted octanol–water partition coefficient (Wildman–Crippen LogP) is 3.81. The number of ether oxygens (including phenoxy) is 1. The molecule has 1 N–H and O–H groups in total. The Morgan fingerprint density at radius 1 is 1.15 bits per heavy atom. The minimum absolute atomic E-state index is 0.511. The van der Waals surface area contributed by atoms with E-state index in [-0.39, 0.29) is 0 Å². The average Bonchev–Trinajstić information content (AvgIpc) is 2.49. The lowest BCUT2D eigenvalue weighted by Gasteiger charge is -2.09. The van der Waals surface area contributed by atoms with Gasteiger partial charge in [0.05, 0.1) is 10.7 Å². The monoisotopic (exact) mass is 290 g/mol. The third-order valence-corrected chi connectivity index (χ3v) is 3.19. The molecule has 1 heterocycles. The first-order valence-electron chi connectivity index (χ1n) is 6.82. The van der Waals surface area contributed by atoms with E-state index in [4.69, 9.17) is 16.3 Å². The summed E-state index contributed by atoms with van der Waals surface area (Å²) < 4.78 is 5.70. The van der Waals surface area contributed by atoms with Crippen molar-refractivity contribution in [1.29, 1.82) is 0 Å². The lowest BCUT2D eigenvalue weighted by atomic mass is 10.2. The molecule has 0 aliphatic heterocycles. The number of nitrogens with one attached hydrogen (secondary N) is 1. The zero-order chi connectivity index (χ0) is 14.2. The van der Waals surface area contributed by atoms with E-state index < -0.39 is 0 Å². The summed E-state index contributed by atoms with van der Waals surface area (Å²) in [6, 6.07) is 13.7. The number of hydrogen-bond acceptors (Lipinski definition) is 3. The molecule has 0 bridgehead atoms. The fourth-order valence-electron chi connectivity index (χ4n) is 1.78. The Balaban J connectivity index is 1.96. The highest BCUT2D eigenvalue weighted by Gasteiger charge is 2.05. The Morgan fingerprint density at radius 2 is 1.95 bits per heavy atom. The number of halogens is 1. The van der Waals surface area contributed by atoms with Crippen LogP contribution in [0.2, 0.25) is 5.02 Å². The molecule has 106 valence electrons. The van der Waals surface area contributed by atoms with Gasteiger partial charge in [0, 0.05) is 12.6 Å². The van der Waals surface area contributed by atoms with Crippen LogP contribution in [0.15, 0.2) is 42.5 Å². The molecular formula is C16H19ClN2O. The van der Waals surface area contributed by atoms with E-state index in [0.29, 0.717) is 24.1 Å². The first-order valence-corrected chi connectivity index (χ1v) is 7.20. The van der Waals surface area contributed by atoms with Crippen LogP contribution in [0.3, 0.4) is 0 Å². The normalized spacial score (nSPS) is 10.5. The van der Waals surface area contributed by atoms with E-state index in [0.717, 1.165) is 24.2 Å². The standard InChI is InChI=1S/C16H19ClN2O/c1-2-10-18-11-15-14(17)8-9-16(19-15)20-12-13-6-4-3-5-7-13/h3-9,18H,2,10-12H2,1H3. The fourth-order valence-corrected chi connectivity index (χ4v) is 1.96. The molecule has 0 aliphatic rings. The van der Waals surface area contributed by atoms with Crippen LogP contribution in [0, 0.1) is 0 Å². The van der Waals surface area contributed by atoms with Crippen molar-refractivity contribution < 1.29 is 4.74 Å². The summed E-state index contributed by atoms with van der Waals surface area (Å²) >= 11 is 6.13. The lowest BCUT2D eigenvalue weighted by Crippen LogP contribution is -2.15. The van der Waals surface area contributed by atoms with Crippen molar-refractivity contribution in [3.05, 3.63) is 58.7 Å². The van der Waals surface area contributed by atoms with E-state index in [1.807, 2.05) is 36.4 Å². The van der Waals surface area contributed by atoms with E-state index in [2.05, 4.69) is 17.2 Å². The quantitative estimate of drug-likeness (QED) is 0.787. The van der Waals surface area contributed by atoms with Gasteiger partial charge in [0.1, 0.15) is 6.61 Å². The van der Waals surface area contributed by atoms with Gasteiger partial charge in [-0.3, -0.25) is 0 Å². The highest BCUT2D eigenvalue weighted by atomic mass is 35.5. The molecule has 1 aromatic heterocycles. The van der Waals surface area contributed by atoms with E-state index in [1.54, 1.807) is 6.07 Å². The highest BCUT2D eigenvalue weighted by Crippen LogP contribution is 2.18. The van der Waals surface area contributed by atoms with Crippen molar-refractivity contribution in [2.45, 2.75) is 26.5 Å². The molecule has 0 radical (unpaired) electrons. The van der Waals surface area contributed by atoms with Gasteiger partial charge in [0.25, 0.3) is 0 Å². The molecule has 0 atom stereocenters. The molecule has 0 spiro atoms. The Kier molecular flexibility index (Phi) is 5.84. The van der Waals surface area contributed by atoms with Crippen molar-refractivity contribution >= 4 is 11.6 Å². The highest BCUT2D eigenvalue weighted by molar-refractivity contribution is 6.31. The van der Waals surface area contributed by atoms with Gasteiger partial charge in [0.15, 0.2) is 0 Å². The lowest BCUT2D eigenvalue weighted by molar-refractivity contribution is 0.293. The average molecular weight is 291 g/mol. The largest absolute Gasteiger partial charge is 0.473 e. The van der Waals surface area contributed by atoms with Crippen molar-refractivity contribution in [3.8, 4) is 5.88 Å². The van der Waals surface area contributed by atoms with Crippen molar-refractivity contribution in [2.24, 2.45) is 0 Å². The molecule has 20 heavy (non-hydrogen) atoms. The summed E-state index contributed by atoms with van der Waals surface area (Å²) in [5.41, 5.74) is 1.94. The first-order chi connectivity index (χ1) is 9.79. The Morgan fingerprint density at radius 3 is 2.70 bits per heavy atom. The van der Waals surface area contributed by atoms with Gasteiger partial charge < -0.3 is 10.1 Å². The zero-order valence-corrected chi connectivity index (χ0v) is 12.4. The molecule has 1 aromatic carbocycles. The smallest absolute Gasteiger partial charge is 0.213 e. The maximum Gasteiger partial charge on any atom is 0.213 e. The number of hydrogen-bond donors (Lipinski definition) is 1. The zero-order valence-electron chi connectivity index (χ0n) is 11.6. The maximum absolute atomic E-state index is 6.13. The molecule has 0 saturated heterocycles. The maximum atomic E-state index is 6.13. The number of benzene rings is 1. The van der Waals surface area contributed by atoms with Gasteiger partial charge in [-0.2, -0.15) is 0 Å². The molecule has 0 amide bonds. The van der Waals surface area contributed by atoms with Gasteiger partial charge in [-0.05, 0) is 24.6 Å². The third-order valence-electron chi connectivity index (χ3n) is 2.84. The van der Waals surface area contributed by atoms with Crippen LogP contribution < -0.4 is 10.1 Å². The van der Waals surface area contributed by atoms with Crippen LogP contribution >= 0.6 is 11.6 Å². The summed E-state index contributed by atoms with van der Waals surface area (Å²) in [5, 5.41) is 3.96. The summed E-state index contributed by atoms with van der Waals surface area (Å²) in [6.45, 7) is 4.25. The third kappa shape index (κ3) is 4.51. The van der Waals surface area contributed by atoms with Gasteiger partial charge >= 0.3 is 0 Å². The summed E-state index contributed by atoms with van der Waals surface area (Å²) in [5.74, 6) is 0.603. The van der Waals surface area contributed by atoms with Gasteiger partial charge in [0.2, 0.25) is 5.88 Å². The van der Waals surface area contributed by atoms with Gasteiger partial charge in [-0.25, -0.2) is 4.98 Å². The SMILES string of the molecule is CCCNCc1nc(OCc2ccccc2)ccc1Cl. The van der Waals surface area contributed by atoms with Crippen LogP contribution in [0.4, 0.5) is 0 Å². The summed E-state index contributed by atoms with van der Waals surface area (Å²) in [6.07, 6.45) is 1.09.